The van der Waals surface area contributed by atoms with Crippen LogP contribution in [0.3, 0.4) is 0 Å². The Morgan fingerprint density at radius 2 is 2.46 bits per heavy atom. The predicted octanol–water partition coefficient (Wildman–Crippen LogP) is 2.02. The maximum absolute atomic E-state index is 10.8. The van der Waals surface area contributed by atoms with Crippen molar-refractivity contribution in [3.8, 4) is 0 Å². The summed E-state index contributed by atoms with van der Waals surface area (Å²) in [6.45, 7) is 2.23. The number of carbonyl (C=O) groups is 1. The third kappa shape index (κ3) is 1.48. The van der Waals surface area contributed by atoms with Crippen LogP contribution in [0.1, 0.15) is 35.0 Å². The normalized spacial score (nSPS) is 20.8. The van der Waals surface area contributed by atoms with Crippen LogP contribution in [-0.4, -0.2) is 11.3 Å². The first-order valence-electron chi connectivity index (χ1n) is 4.73. The van der Waals surface area contributed by atoms with E-state index in [-0.39, 0.29) is 0 Å². The van der Waals surface area contributed by atoms with Crippen molar-refractivity contribution >= 4 is 6.29 Å². The summed E-state index contributed by atoms with van der Waals surface area (Å²) in [5.41, 5.74) is 3.13. The highest BCUT2D eigenvalue weighted by atomic mass is 16.1. The molecule has 0 fully saturated rings. The summed E-state index contributed by atoms with van der Waals surface area (Å²) >= 11 is 0. The standard InChI is InChI=1S/C11H13NO/c1-8-2-3-11-10(6-8)9(7-13)4-5-12-11/h4-5,7-8H,2-3,6H2,1H3. The Bertz CT molecular complexity index is 333. The topological polar surface area (TPSA) is 30.0 Å². The number of nitrogens with zero attached hydrogens (tertiary/aromatic N) is 1. The molecule has 0 radical (unpaired) electrons. The maximum atomic E-state index is 10.8. The van der Waals surface area contributed by atoms with Gasteiger partial charge < -0.3 is 0 Å². The fraction of sp³-hybridized carbons (Fsp3) is 0.455. The Morgan fingerprint density at radius 1 is 1.62 bits per heavy atom. The van der Waals surface area contributed by atoms with Crippen molar-refractivity contribution in [2.75, 3.05) is 0 Å². The molecule has 1 unspecified atom stereocenters. The second-order valence-corrected chi connectivity index (χ2v) is 3.79. The van der Waals surface area contributed by atoms with E-state index in [9.17, 15) is 4.79 Å². The molecule has 1 aromatic heterocycles. The SMILES string of the molecule is CC1CCc2nccc(C=O)c2C1. The Labute approximate surface area is 78.0 Å². The lowest BCUT2D eigenvalue weighted by Gasteiger charge is -2.21. The molecule has 0 aliphatic heterocycles. The van der Waals surface area contributed by atoms with Crippen LogP contribution >= 0.6 is 0 Å². The van der Waals surface area contributed by atoms with Crippen LogP contribution < -0.4 is 0 Å². The molecule has 68 valence electrons. The van der Waals surface area contributed by atoms with Crippen LogP contribution in [0.5, 0.6) is 0 Å². The highest BCUT2D eigenvalue weighted by Crippen LogP contribution is 2.25. The molecule has 2 nitrogen and oxygen atoms in total. The van der Waals surface area contributed by atoms with Crippen LogP contribution in [0.25, 0.3) is 0 Å². The third-order valence-electron chi connectivity index (χ3n) is 2.73. The summed E-state index contributed by atoms with van der Waals surface area (Å²) in [7, 11) is 0. The van der Waals surface area contributed by atoms with Gasteiger partial charge in [-0.15, -0.1) is 0 Å². The molecule has 2 rings (SSSR count). The summed E-state index contributed by atoms with van der Waals surface area (Å²) in [4.78, 5) is 15.1. The summed E-state index contributed by atoms with van der Waals surface area (Å²) in [5.74, 6) is 0.690. The van der Waals surface area contributed by atoms with E-state index in [0.29, 0.717) is 5.92 Å². The van der Waals surface area contributed by atoms with E-state index < -0.39 is 0 Å². The van der Waals surface area contributed by atoms with Gasteiger partial charge in [-0.3, -0.25) is 9.78 Å². The van der Waals surface area contributed by atoms with Crippen molar-refractivity contribution in [3.05, 3.63) is 29.1 Å². The minimum absolute atomic E-state index is 0.690. The van der Waals surface area contributed by atoms with Gasteiger partial charge in [-0.25, -0.2) is 0 Å². The van der Waals surface area contributed by atoms with E-state index in [1.54, 1.807) is 6.20 Å². The largest absolute Gasteiger partial charge is 0.298 e. The van der Waals surface area contributed by atoms with E-state index in [1.807, 2.05) is 6.07 Å². The minimum Gasteiger partial charge on any atom is -0.298 e. The number of aryl methyl sites for hydroxylation is 1. The molecule has 1 aromatic rings. The van der Waals surface area contributed by atoms with E-state index in [4.69, 9.17) is 0 Å². The molecule has 13 heavy (non-hydrogen) atoms. The van der Waals surface area contributed by atoms with Crippen molar-refractivity contribution in [1.82, 2.24) is 4.98 Å². The average molecular weight is 175 g/mol. The summed E-state index contributed by atoms with van der Waals surface area (Å²) in [5, 5.41) is 0. The zero-order chi connectivity index (χ0) is 9.26. The number of hydrogen-bond acceptors (Lipinski definition) is 2. The van der Waals surface area contributed by atoms with Gasteiger partial charge in [0.25, 0.3) is 0 Å². The highest BCUT2D eigenvalue weighted by Gasteiger charge is 2.18. The van der Waals surface area contributed by atoms with Gasteiger partial charge in [0.05, 0.1) is 0 Å². The quantitative estimate of drug-likeness (QED) is 0.611. The Balaban J connectivity index is 2.46. The van der Waals surface area contributed by atoms with Crippen LogP contribution in [0.4, 0.5) is 0 Å². The Hall–Kier alpha value is -1.18. The molecule has 0 amide bonds. The lowest BCUT2D eigenvalue weighted by atomic mass is 9.86. The van der Waals surface area contributed by atoms with Gasteiger partial charge in [0.1, 0.15) is 6.29 Å². The van der Waals surface area contributed by atoms with Crippen molar-refractivity contribution in [1.29, 1.82) is 0 Å². The number of rotatable bonds is 1. The number of hydrogen-bond donors (Lipinski definition) is 0. The molecule has 0 spiro atoms. The molecule has 1 heterocycles. The first-order chi connectivity index (χ1) is 6.31. The lowest BCUT2D eigenvalue weighted by Crippen LogP contribution is -2.14. The molecule has 1 aliphatic carbocycles. The molecular weight excluding hydrogens is 162 g/mol. The van der Waals surface area contributed by atoms with E-state index >= 15 is 0 Å². The number of carbonyl (C=O) groups excluding carboxylic acids is 1. The van der Waals surface area contributed by atoms with Gasteiger partial charge in [0.2, 0.25) is 0 Å². The number of pyridine rings is 1. The molecule has 1 atom stereocenters. The first-order valence-corrected chi connectivity index (χ1v) is 4.73. The molecule has 0 saturated carbocycles. The summed E-state index contributed by atoms with van der Waals surface area (Å²) in [6.07, 6.45) is 5.91. The molecule has 0 N–H and O–H groups in total. The number of aromatic nitrogens is 1. The van der Waals surface area contributed by atoms with Crippen LogP contribution in [0, 0.1) is 5.92 Å². The van der Waals surface area contributed by atoms with Crippen LogP contribution in [0.15, 0.2) is 12.3 Å². The summed E-state index contributed by atoms with van der Waals surface area (Å²) in [6, 6.07) is 1.81. The number of fused-ring (bicyclic) bond motifs is 1. The fourth-order valence-corrected chi connectivity index (χ4v) is 1.95. The molecule has 0 bridgehead atoms. The first kappa shape index (κ1) is 8.42. The molecular formula is C11H13NO. The fourth-order valence-electron chi connectivity index (χ4n) is 1.95. The van der Waals surface area contributed by atoms with Gasteiger partial charge in [-0.2, -0.15) is 0 Å². The zero-order valence-corrected chi connectivity index (χ0v) is 7.79. The van der Waals surface area contributed by atoms with Gasteiger partial charge in [0.15, 0.2) is 0 Å². The zero-order valence-electron chi connectivity index (χ0n) is 7.79. The van der Waals surface area contributed by atoms with E-state index in [0.717, 1.165) is 30.4 Å². The molecule has 2 heteroatoms. The van der Waals surface area contributed by atoms with Crippen molar-refractivity contribution in [2.45, 2.75) is 26.2 Å². The lowest BCUT2D eigenvalue weighted by molar-refractivity contribution is 0.112. The van der Waals surface area contributed by atoms with Crippen LogP contribution in [-0.2, 0) is 12.8 Å². The van der Waals surface area contributed by atoms with Crippen molar-refractivity contribution < 1.29 is 4.79 Å². The van der Waals surface area contributed by atoms with Gasteiger partial charge in [0, 0.05) is 17.5 Å². The van der Waals surface area contributed by atoms with E-state index in [1.165, 1.54) is 12.0 Å². The summed E-state index contributed by atoms with van der Waals surface area (Å²) < 4.78 is 0. The smallest absolute Gasteiger partial charge is 0.150 e. The van der Waals surface area contributed by atoms with Crippen molar-refractivity contribution in [2.24, 2.45) is 5.92 Å². The average Bonchev–Trinajstić information content (AvgIpc) is 2.17. The molecule has 1 aliphatic rings. The van der Waals surface area contributed by atoms with Crippen molar-refractivity contribution in [3.63, 3.8) is 0 Å². The van der Waals surface area contributed by atoms with E-state index in [2.05, 4.69) is 11.9 Å². The van der Waals surface area contributed by atoms with Crippen LogP contribution in [0.2, 0.25) is 0 Å². The molecule has 0 saturated heterocycles. The Kier molecular flexibility index (Phi) is 2.13. The monoisotopic (exact) mass is 175 g/mol. The molecule has 0 aromatic carbocycles. The second-order valence-electron chi connectivity index (χ2n) is 3.79. The van der Waals surface area contributed by atoms with Gasteiger partial charge >= 0.3 is 0 Å². The minimum atomic E-state index is 0.690. The maximum Gasteiger partial charge on any atom is 0.150 e. The highest BCUT2D eigenvalue weighted by molar-refractivity contribution is 5.77. The third-order valence-corrected chi connectivity index (χ3v) is 2.73. The second kappa shape index (κ2) is 3.29. The van der Waals surface area contributed by atoms with Gasteiger partial charge in [-0.1, -0.05) is 6.92 Å². The van der Waals surface area contributed by atoms with Gasteiger partial charge in [-0.05, 0) is 36.8 Å². The predicted molar refractivity (Wildman–Crippen MR) is 50.8 cm³/mol. The number of aldehydes is 1. The Morgan fingerprint density at radius 3 is 3.23 bits per heavy atom.